The highest BCUT2D eigenvalue weighted by Gasteiger charge is 2.21. The van der Waals surface area contributed by atoms with E-state index in [9.17, 15) is 13.2 Å². The smallest absolute Gasteiger partial charge is 0.283 e. The minimum Gasteiger partial charge on any atom is -0.289 e. The first-order valence-electron chi connectivity index (χ1n) is 7.71. The number of fused-ring (bicyclic) bond motifs is 2. The van der Waals surface area contributed by atoms with Crippen molar-refractivity contribution in [2.45, 2.75) is 4.90 Å². The quantitative estimate of drug-likeness (QED) is 0.709. The van der Waals surface area contributed by atoms with Gasteiger partial charge >= 0.3 is 0 Å². The maximum Gasteiger partial charge on any atom is 0.283 e. The number of hydrogen-bond donors (Lipinski definition) is 0. The van der Waals surface area contributed by atoms with Gasteiger partial charge in [-0.15, -0.1) is 0 Å². The Morgan fingerprint density at radius 1 is 0.720 bits per heavy atom. The summed E-state index contributed by atoms with van der Waals surface area (Å²) in [5.41, 5.74) is 1.25. The average Bonchev–Trinajstić information content (AvgIpc) is 2.64. The lowest BCUT2D eigenvalue weighted by Gasteiger charge is -2.12. The SMILES string of the molecule is O=C1C=C/C(=N\S(=O)(=O)c2cccc3ccccc23)c2ccccc21. The predicted molar refractivity (Wildman–Crippen MR) is 97.6 cm³/mol. The Balaban J connectivity index is 1.91. The van der Waals surface area contributed by atoms with Gasteiger partial charge in [-0.2, -0.15) is 12.8 Å². The van der Waals surface area contributed by atoms with Crippen molar-refractivity contribution in [2.75, 3.05) is 0 Å². The van der Waals surface area contributed by atoms with E-state index in [1.165, 1.54) is 12.2 Å². The molecule has 0 aromatic heterocycles. The second-order valence-corrected chi connectivity index (χ2v) is 7.24. The minimum absolute atomic E-state index is 0.154. The van der Waals surface area contributed by atoms with Crippen LogP contribution in [0.25, 0.3) is 10.8 Å². The van der Waals surface area contributed by atoms with Crippen molar-refractivity contribution in [3.8, 4) is 0 Å². The molecule has 0 unspecified atom stereocenters. The fraction of sp³-hybridized carbons (Fsp3) is 0. The molecule has 1 aliphatic rings. The van der Waals surface area contributed by atoms with Crippen molar-refractivity contribution in [3.05, 3.63) is 90.0 Å². The van der Waals surface area contributed by atoms with Crippen LogP contribution in [0.3, 0.4) is 0 Å². The van der Waals surface area contributed by atoms with Crippen molar-refractivity contribution in [1.82, 2.24) is 0 Å². The lowest BCUT2D eigenvalue weighted by Crippen LogP contribution is -2.14. The van der Waals surface area contributed by atoms with Crippen molar-refractivity contribution >= 4 is 32.3 Å². The zero-order valence-corrected chi connectivity index (χ0v) is 13.9. The van der Waals surface area contributed by atoms with Gasteiger partial charge < -0.3 is 0 Å². The van der Waals surface area contributed by atoms with Crippen molar-refractivity contribution < 1.29 is 13.2 Å². The van der Waals surface area contributed by atoms with Crippen molar-refractivity contribution in [1.29, 1.82) is 0 Å². The summed E-state index contributed by atoms with van der Waals surface area (Å²) in [7, 11) is -3.92. The summed E-state index contributed by atoms with van der Waals surface area (Å²) in [6.45, 7) is 0. The number of nitrogens with zero attached hydrogens (tertiary/aromatic N) is 1. The molecular formula is C20H13NO3S. The van der Waals surface area contributed by atoms with E-state index in [0.717, 1.165) is 5.39 Å². The number of hydrogen-bond acceptors (Lipinski definition) is 3. The second kappa shape index (κ2) is 5.79. The standard InChI is InChI=1S/C20H13NO3S/c22-19-13-12-18(16-9-3-4-10-17(16)19)21-25(23,24)20-11-5-7-14-6-1-2-8-15(14)20/h1-13H/b21-18+. The van der Waals surface area contributed by atoms with Gasteiger partial charge in [0.2, 0.25) is 0 Å². The van der Waals surface area contributed by atoms with Crippen LogP contribution in [-0.4, -0.2) is 19.9 Å². The van der Waals surface area contributed by atoms with Gasteiger partial charge in [-0.1, -0.05) is 60.7 Å². The van der Waals surface area contributed by atoms with E-state index in [0.29, 0.717) is 16.5 Å². The summed E-state index contributed by atoms with van der Waals surface area (Å²) in [5, 5.41) is 1.46. The van der Waals surface area contributed by atoms with E-state index >= 15 is 0 Å². The Labute approximate surface area is 145 Å². The molecule has 3 aromatic carbocycles. The number of rotatable bonds is 2. The molecule has 0 radical (unpaired) electrons. The molecule has 5 heteroatoms. The molecule has 0 N–H and O–H groups in total. The van der Waals surface area contributed by atoms with Gasteiger partial charge in [-0.3, -0.25) is 4.79 Å². The maximum absolute atomic E-state index is 12.9. The zero-order chi connectivity index (χ0) is 17.4. The Kier molecular flexibility index (Phi) is 3.58. The number of benzene rings is 3. The molecule has 0 atom stereocenters. The Morgan fingerprint density at radius 3 is 2.24 bits per heavy atom. The molecular weight excluding hydrogens is 334 g/mol. The van der Waals surface area contributed by atoms with Gasteiger partial charge in [-0.05, 0) is 23.6 Å². The molecule has 0 saturated heterocycles. The molecule has 25 heavy (non-hydrogen) atoms. The molecule has 4 nitrogen and oxygen atoms in total. The Bertz CT molecular complexity index is 1170. The molecule has 0 amide bonds. The third-order valence-electron chi connectivity index (χ3n) is 4.11. The number of carbonyl (C=O) groups is 1. The molecule has 0 aliphatic heterocycles. The van der Waals surface area contributed by atoms with Gasteiger partial charge in [-0.25, -0.2) is 0 Å². The Morgan fingerprint density at radius 2 is 1.40 bits per heavy atom. The van der Waals surface area contributed by atoms with Gasteiger partial charge in [0.25, 0.3) is 10.0 Å². The molecule has 3 aromatic rings. The van der Waals surface area contributed by atoms with Crippen LogP contribution in [0, 0.1) is 0 Å². The van der Waals surface area contributed by atoms with E-state index in [4.69, 9.17) is 0 Å². The highest BCUT2D eigenvalue weighted by atomic mass is 32.2. The molecule has 1 aliphatic carbocycles. The van der Waals surface area contributed by atoms with Crippen molar-refractivity contribution in [2.24, 2.45) is 4.40 Å². The summed E-state index contributed by atoms with van der Waals surface area (Å²) in [4.78, 5) is 12.1. The van der Waals surface area contributed by atoms with Crippen LogP contribution in [0.2, 0.25) is 0 Å². The zero-order valence-electron chi connectivity index (χ0n) is 13.1. The summed E-state index contributed by atoms with van der Waals surface area (Å²) in [6, 6.07) is 19.2. The van der Waals surface area contributed by atoms with Crippen LogP contribution in [0.4, 0.5) is 0 Å². The molecule has 122 valence electrons. The van der Waals surface area contributed by atoms with Gasteiger partial charge in [0.05, 0.1) is 10.6 Å². The summed E-state index contributed by atoms with van der Waals surface area (Å²) in [5.74, 6) is -0.155. The molecule has 0 bridgehead atoms. The van der Waals surface area contributed by atoms with Gasteiger partial charge in [0.15, 0.2) is 5.78 Å². The van der Waals surface area contributed by atoms with E-state index in [1.807, 2.05) is 18.2 Å². The molecule has 4 rings (SSSR count). The second-order valence-electron chi connectivity index (χ2n) is 5.67. The van der Waals surface area contributed by atoms with Crippen molar-refractivity contribution in [3.63, 3.8) is 0 Å². The predicted octanol–water partition coefficient (Wildman–Crippen LogP) is 3.77. The fourth-order valence-corrected chi connectivity index (χ4v) is 4.17. The van der Waals surface area contributed by atoms with Crippen LogP contribution < -0.4 is 0 Å². The third kappa shape index (κ3) is 2.68. The van der Waals surface area contributed by atoms with Gasteiger partial charge in [0, 0.05) is 16.5 Å². The summed E-state index contributed by atoms with van der Waals surface area (Å²) in [6.07, 6.45) is 2.80. The molecule has 0 saturated carbocycles. The van der Waals surface area contributed by atoms with Gasteiger partial charge in [0.1, 0.15) is 0 Å². The van der Waals surface area contributed by atoms with Crippen LogP contribution in [0.15, 0.2) is 88.2 Å². The number of sulfonamides is 1. The first-order valence-corrected chi connectivity index (χ1v) is 9.15. The molecule has 0 heterocycles. The average molecular weight is 347 g/mol. The largest absolute Gasteiger partial charge is 0.289 e. The highest BCUT2D eigenvalue weighted by molar-refractivity contribution is 7.90. The lowest BCUT2D eigenvalue weighted by atomic mass is 9.95. The number of allylic oxidation sites excluding steroid dienone is 2. The normalized spacial score (nSPS) is 15.5. The first-order chi connectivity index (χ1) is 12.1. The number of carbonyl (C=O) groups excluding carboxylic acids is 1. The first kappa shape index (κ1) is 15.5. The minimum atomic E-state index is -3.92. The highest BCUT2D eigenvalue weighted by Crippen LogP contribution is 2.26. The van der Waals surface area contributed by atoms with E-state index in [-0.39, 0.29) is 16.4 Å². The fourth-order valence-electron chi connectivity index (χ4n) is 2.93. The van der Waals surface area contributed by atoms with E-state index < -0.39 is 10.0 Å². The van der Waals surface area contributed by atoms with E-state index in [2.05, 4.69) is 4.40 Å². The maximum atomic E-state index is 12.9. The molecule has 0 fully saturated rings. The summed E-state index contributed by atoms with van der Waals surface area (Å²) >= 11 is 0. The lowest BCUT2D eigenvalue weighted by molar-refractivity contribution is 0.104. The van der Waals surface area contributed by atoms with Crippen LogP contribution in [-0.2, 0) is 10.0 Å². The topological polar surface area (TPSA) is 63.6 Å². The molecule has 0 spiro atoms. The monoisotopic (exact) mass is 347 g/mol. The van der Waals surface area contributed by atoms with Crippen LogP contribution in [0.5, 0.6) is 0 Å². The van der Waals surface area contributed by atoms with Crippen LogP contribution >= 0.6 is 0 Å². The number of ketones is 1. The summed E-state index contributed by atoms with van der Waals surface area (Å²) < 4.78 is 29.8. The van der Waals surface area contributed by atoms with E-state index in [1.54, 1.807) is 48.5 Å². The van der Waals surface area contributed by atoms with Crippen LogP contribution in [0.1, 0.15) is 15.9 Å². The Hall–Kier alpha value is -3.05. The third-order valence-corrected chi connectivity index (χ3v) is 5.46.